The van der Waals surface area contributed by atoms with E-state index in [-0.39, 0.29) is 23.5 Å². The minimum atomic E-state index is -0.360. The maximum absolute atomic E-state index is 13.3. The molecule has 1 aromatic heterocycles. The van der Waals surface area contributed by atoms with Crippen molar-refractivity contribution < 1.29 is 14.0 Å². The van der Waals surface area contributed by atoms with Crippen molar-refractivity contribution in [3.8, 4) is 0 Å². The minimum Gasteiger partial charge on any atom is -0.345 e. The average molecular weight is 402 g/mol. The highest BCUT2D eigenvalue weighted by Crippen LogP contribution is 2.35. The molecule has 1 aliphatic carbocycles. The largest absolute Gasteiger partial charge is 0.345 e. The fourth-order valence-corrected chi connectivity index (χ4v) is 4.98. The number of piperazine rings is 1. The van der Waals surface area contributed by atoms with Crippen LogP contribution in [-0.2, 0) is 22.4 Å². The third kappa shape index (κ3) is 4.01. The Bertz CT molecular complexity index is 892. The Morgan fingerprint density at radius 3 is 2.75 bits per heavy atom. The number of anilines is 2. The summed E-state index contributed by atoms with van der Waals surface area (Å²) in [5, 5.41) is 3.81. The first-order chi connectivity index (χ1) is 13.5. The van der Waals surface area contributed by atoms with Crippen LogP contribution >= 0.6 is 11.3 Å². The molecule has 2 aliphatic rings. The minimum absolute atomic E-state index is 0.0683. The molecule has 0 spiro atoms. The second kappa shape index (κ2) is 7.87. The zero-order chi connectivity index (χ0) is 19.7. The quantitative estimate of drug-likeness (QED) is 0.857. The summed E-state index contributed by atoms with van der Waals surface area (Å²) in [5.41, 5.74) is 1.58. The molecule has 6 nitrogen and oxygen atoms in total. The van der Waals surface area contributed by atoms with Gasteiger partial charge in [-0.1, -0.05) is 6.07 Å². The molecular formula is C20H23FN4O2S. The molecule has 1 atom stereocenters. The van der Waals surface area contributed by atoms with Gasteiger partial charge in [0.05, 0.1) is 5.69 Å². The van der Waals surface area contributed by atoms with E-state index in [1.165, 1.54) is 12.1 Å². The number of nitrogens with one attached hydrogen (secondary N) is 1. The highest BCUT2D eigenvalue weighted by Gasteiger charge is 2.29. The SMILES string of the molecule is CC(=O)N1CCN(c2nc3c(s2)C[C@@H](C(=O)Nc2cccc(F)c2)CC3)CC1. The van der Waals surface area contributed by atoms with E-state index >= 15 is 0 Å². The molecule has 1 N–H and O–H groups in total. The van der Waals surface area contributed by atoms with Crippen LogP contribution in [0.3, 0.4) is 0 Å². The molecule has 1 fully saturated rings. The number of rotatable bonds is 3. The average Bonchev–Trinajstić information content (AvgIpc) is 3.11. The first-order valence-electron chi connectivity index (χ1n) is 9.55. The molecule has 2 heterocycles. The maximum Gasteiger partial charge on any atom is 0.227 e. The van der Waals surface area contributed by atoms with Crippen LogP contribution in [0.25, 0.3) is 0 Å². The van der Waals surface area contributed by atoms with E-state index in [1.807, 2.05) is 4.90 Å². The van der Waals surface area contributed by atoms with Crippen molar-refractivity contribution in [1.29, 1.82) is 0 Å². The number of carbonyl (C=O) groups is 2. The van der Waals surface area contributed by atoms with Crippen molar-refractivity contribution >= 4 is 34.0 Å². The number of benzene rings is 1. The van der Waals surface area contributed by atoms with Gasteiger partial charge in [-0.3, -0.25) is 9.59 Å². The number of nitrogens with zero attached hydrogens (tertiary/aromatic N) is 3. The summed E-state index contributed by atoms with van der Waals surface area (Å²) in [4.78, 5) is 34.1. The number of thiazole rings is 1. The van der Waals surface area contributed by atoms with Crippen LogP contribution in [0.4, 0.5) is 15.2 Å². The standard InChI is InChI=1S/C20H23FN4O2S/c1-13(26)24-7-9-25(10-8-24)20-23-17-6-5-14(11-18(17)28-20)19(27)22-16-4-2-3-15(21)12-16/h2-4,12,14H,5-11H2,1H3,(H,22,27)/t14-/m0/s1. The fourth-order valence-electron chi connectivity index (χ4n) is 3.74. The van der Waals surface area contributed by atoms with Gasteiger partial charge in [0, 0.05) is 49.6 Å². The van der Waals surface area contributed by atoms with Crippen LogP contribution in [0.5, 0.6) is 0 Å². The molecule has 0 radical (unpaired) electrons. The van der Waals surface area contributed by atoms with Crippen molar-refractivity contribution in [3.05, 3.63) is 40.7 Å². The van der Waals surface area contributed by atoms with Gasteiger partial charge in [-0.25, -0.2) is 9.37 Å². The van der Waals surface area contributed by atoms with E-state index in [2.05, 4.69) is 10.2 Å². The summed E-state index contributed by atoms with van der Waals surface area (Å²) in [5.74, 6) is -0.439. The summed E-state index contributed by atoms with van der Waals surface area (Å²) in [6, 6.07) is 5.97. The first-order valence-corrected chi connectivity index (χ1v) is 10.4. The van der Waals surface area contributed by atoms with Crippen molar-refractivity contribution in [2.75, 3.05) is 36.4 Å². The first kappa shape index (κ1) is 18.9. The van der Waals surface area contributed by atoms with Crippen LogP contribution in [-0.4, -0.2) is 47.9 Å². The number of fused-ring (bicyclic) bond motifs is 1. The Morgan fingerprint density at radius 2 is 2.04 bits per heavy atom. The predicted octanol–water partition coefficient (Wildman–Crippen LogP) is 2.69. The Balaban J connectivity index is 1.39. The van der Waals surface area contributed by atoms with Crippen LogP contribution < -0.4 is 10.2 Å². The monoisotopic (exact) mass is 402 g/mol. The number of aromatic nitrogens is 1. The van der Waals surface area contributed by atoms with Crippen molar-refractivity contribution in [2.45, 2.75) is 26.2 Å². The molecule has 4 rings (SSSR count). The van der Waals surface area contributed by atoms with Gasteiger partial charge < -0.3 is 15.1 Å². The summed E-state index contributed by atoms with van der Waals surface area (Å²) in [7, 11) is 0. The van der Waals surface area contributed by atoms with Crippen LogP contribution in [0, 0.1) is 11.7 Å². The Morgan fingerprint density at radius 1 is 1.25 bits per heavy atom. The van der Waals surface area contributed by atoms with Gasteiger partial charge in [-0.2, -0.15) is 0 Å². The van der Waals surface area contributed by atoms with E-state index in [9.17, 15) is 14.0 Å². The number of carbonyl (C=O) groups excluding carboxylic acids is 2. The summed E-state index contributed by atoms with van der Waals surface area (Å²) >= 11 is 1.65. The van der Waals surface area contributed by atoms with E-state index in [0.717, 1.165) is 54.7 Å². The van der Waals surface area contributed by atoms with E-state index in [0.29, 0.717) is 12.1 Å². The van der Waals surface area contributed by atoms with Gasteiger partial charge in [-0.15, -0.1) is 11.3 Å². The van der Waals surface area contributed by atoms with E-state index < -0.39 is 0 Å². The number of halogens is 1. The Kier molecular flexibility index (Phi) is 5.30. The van der Waals surface area contributed by atoms with Crippen molar-refractivity contribution in [2.24, 2.45) is 5.92 Å². The molecule has 8 heteroatoms. The number of hydrogen-bond donors (Lipinski definition) is 1. The number of aryl methyl sites for hydroxylation is 1. The second-order valence-electron chi connectivity index (χ2n) is 7.30. The number of hydrogen-bond acceptors (Lipinski definition) is 5. The fraction of sp³-hybridized carbons (Fsp3) is 0.450. The Hall–Kier alpha value is -2.48. The van der Waals surface area contributed by atoms with Crippen LogP contribution in [0.1, 0.15) is 23.9 Å². The summed E-state index contributed by atoms with van der Waals surface area (Å²) in [6.45, 7) is 4.62. The summed E-state index contributed by atoms with van der Waals surface area (Å²) in [6.07, 6.45) is 2.19. The zero-order valence-electron chi connectivity index (χ0n) is 15.8. The lowest BCUT2D eigenvalue weighted by Gasteiger charge is -2.33. The van der Waals surface area contributed by atoms with Crippen molar-refractivity contribution in [1.82, 2.24) is 9.88 Å². The van der Waals surface area contributed by atoms with E-state index in [1.54, 1.807) is 30.4 Å². The lowest BCUT2D eigenvalue weighted by atomic mass is 9.90. The van der Waals surface area contributed by atoms with Gasteiger partial charge in [0.1, 0.15) is 5.82 Å². The van der Waals surface area contributed by atoms with Gasteiger partial charge in [-0.05, 0) is 37.5 Å². The second-order valence-corrected chi connectivity index (χ2v) is 8.36. The third-order valence-electron chi connectivity index (χ3n) is 5.39. The molecule has 1 aromatic carbocycles. The molecule has 2 aromatic rings. The maximum atomic E-state index is 13.3. The van der Waals surface area contributed by atoms with Gasteiger partial charge >= 0.3 is 0 Å². The summed E-state index contributed by atoms with van der Waals surface area (Å²) < 4.78 is 13.3. The third-order valence-corrected chi connectivity index (χ3v) is 6.57. The van der Waals surface area contributed by atoms with Crippen molar-refractivity contribution in [3.63, 3.8) is 0 Å². The van der Waals surface area contributed by atoms with Gasteiger partial charge in [0.15, 0.2) is 5.13 Å². The van der Waals surface area contributed by atoms with Crippen LogP contribution in [0.15, 0.2) is 24.3 Å². The molecular weight excluding hydrogens is 379 g/mol. The molecule has 0 bridgehead atoms. The molecule has 0 unspecified atom stereocenters. The molecule has 28 heavy (non-hydrogen) atoms. The van der Waals surface area contributed by atoms with Gasteiger partial charge in [0.25, 0.3) is 0 Å². The predicted molar refractivity (Wildman–Crippen MR) is 107 cm³/mol. The molecule has 1 saturated heterocycles. The highest BCUT2D eigenvalue weighted by atomic mass is 32.1. The van der Waals surface area contributed by atoms with Gasteiger partial charge in [0.2, 0.25) is 11.8 Å². The van der Waals surface area contributed by atoms with Crippen LogP contribution in [0.2, 0.25) is 0 Å². The molecule has 2 amide bonds. The highest BCUT2D eigenvalue weighted by molar-refractivity contribution is 7.15. The smallest absolute Gasteiger partial charge is 0.227 e. The normalized spacial score (nSPS) is 19.3. The topological polar surface area (TPSA) is 65.5 Å². The Labute approximate surface area is 167 Å². The molecule has 0 saturated carbocycles. The lowest BCUT2D eigenvalue weighted by Crippen LogP contribution is -2.48. The number of amides is 2. The molecule has 1 aliphatic heterocycles. The zero-order valence-corrected chi connectivity index (χ0v) is 16.6. The lowest BCUT2D eigenvalue weighted by molar-refractivity contribution is -0.129. The van der Waals surface area contributed by atoms with E-state index in [4.69, 9.17) is 4.98 Å². The molecule has 148 valence electrons.